The molecule has 1 atom stereocenters. The number of benzene rings is 1. The third-order valence-electron chi connectivity index (χ3n) is 3.79. The first-order chi connectivity index (χ1) is 11.5. The van der Waals surface area contributed by atoms with Crippen molar-refractivity contribution in [1.29, 1.82) is 0 Å². The van der Waals surface area contributed by atoms with Crippen LogP contribution in [0.15, 0.2) is 29.9 Å². The minimum Gasteiger partial charge on any atom is -0.349 e. The first-order valence-corrected chi connectivity index (χ1v) is 8.57. The molecule has 0 radical (unpaired) electrons. The third kappa shape index (κ3) is 3.68. The number of aromatic amines is 1. The molecule has 2 N–H and O–H groups in total. The zero-order valence-electron chi connectivity index (χ0n) is 13.8. The monoisotopic (exact) mass is 341 g/mol. The maximum absolute atomic E-state index is 12.3. The van der Waals surface area contributed by atoms with E-state index in [1.165, 1.54) is 28.8 Å². The lowest BCUT2D eigenvalue weighted by atomic mass is 10.00. The molecular weight excluding hydrogens is 322 g/mol. The molecule has 0 aliphatic carbocycles. The van der Waals surface area contributed by atoms with Crippen LogP contribution in [0.4, 0.5) is 0 Å². The lowest BCUT2D eigenvalue weighted by Gasteiger charge is -2.17. The van der Waals surface area contributed by atoms with Crippen LogP contribution in [0.3, 0.4) is 0 Å². The van der Waals surface area contributed by atoms with Gasteiger partial charge in [-0.05, 0) is 31.9 Å². The smallest absolute Gasteiger partial charge is 0.226 e. The predicted molar refractivity (Wildman–Crippen MR) is 93.7 cm³/mol. The zero-order chi connectivity index (χ0) is 17.1. The Morgan fingerprint density at radius 2 is 2.21 bits per heavy atom. The molecule has 7 heteroatoms. The van der Waals surface area contributed by atoms with Crippen molar-refractivity contribution in [1.82, 2.24) is 25.5 Å². The highest BCUT2D eigenvalue weighted by Crippen LogP contribution is 2.21. The number of nitrogens with one attached hydrogen (secondary N) is 2. The number of carbonyl (C=O) groups excluding carboxylic acids is 1. The van der Waals surface area contributed by atoms with Gasteiger partial charge in [0.25, 0.3) is 0 Å². The van der Waals surface area contributed by atoms with Crippen molar-refractivity contribution in [2.75, 3.05) is 0 Å². The summed E-state index contributed by atoms with van der Waals surface area (Å²) in [5.74, 6) is 0.577. The van der Waals surface area contributed by atoms with E-state index in [0.29, 0.717) is 5.82 Å². The van der Waals surface area contributed by atoms with Crippen molar-refractivity contribution in [3.8, 4) is 10.8 Å². The molecule has 3 rings (SSSR count). The number of thiazole rings is 1. The first kappa shape index (κ1) is 16.3. The number of rotatable bonds is 5. The van der Waals surface area contributed by atoms with Crippen LogP contribution in [-0.2, 0) is 11.2 Å². The third-order valence-corrected chi connectivity index (χ3v) is 4.69. The number of hydrogen-bond donors (Lipinski definition) is 2. The number of hydrogen-bond acceptors (Lipinski definition) is 5. The molecule has 2 heterocycles. The maximum Gasteiger partial charge on any atom is 0.226 e. The van der Waals surface area contributed by atoms with Crippen LogP contribution in [0.5, 0.6) is 0 Å². The van der Waals surface area contributed by atoms with Crippen molar-refractivity contribution >= 4 is 17.2 Å². The van der Waals surface area contributed by atoms with E-state index in [2.05, 4.69) is 57.5 Å². The largest absolute Gasteiger partial charge is 0.349 e. The number of carbonyl (C=O) groups is 1. The average Bonchev–Trinajstić information content (AvgIpc) is 3.20. The van der Waals surface area contributed by atoms with Crippen LogP contribution in [0, 0.1) is 13.8 Å². The number of H-pyrrole nitrogens is 1. The van der Waals surface area contributed by atoms with Gasteiger partial charge in [-0.2, -0.15) is 5.10 Å². The Kier molecular flexibility index (Phi) is 4.71. The fourth-order valence-electron chi connectivity index (χ4n) is 2.57. The number of nitrogens with zero attached hydrogens (tertiary/aromatic N) is 3. The molecule has 124 valence electrons. The molecule has 0 aliphatic rings. The van der Waals surface area contributed by atoms with Crippen LogP contribution in [-0.4, -0.2) is 26.1 Å². The average molecular weight is 341 g/mol. The summed E-state index contributed by atoms with van der Waals surface area (Å²) in [5.41, 5.74) is 4.24. The zero-order valence-corrected chi connectivity index (χ0v) is 14.6. The van der Waals surface area contributed by atoms with Gasteiger partial charge in [-0.15, -0.1) is 11.3 Å². The van der Waals surface area contributed by atoms with Gasteiger partial charge in [-0.1, -0.05) is 23.8 Å². The first-order valence-electron chi connectivity index (χ1n) is 7.69. The number of aryl methyl sites for hydroxylation is 2. The molecule has 0 aliphatic heterocycles. The van der Waals surface area contributed by atoms with Gasteiger partial charge in [0.1, 0.15) is 6.33 Å². The molecular formula is C17H19N5OS. The van der Waals surface area contributed by atoms with Gasteiger partial charge < -0.3 is 5.32 Å². The Hall–Kier alpha value is -2.54. The van der Waals surface area contributed by atoms with Gasteiger partial charge in [-0.25, -0.2) is 9.97 Å². The highest BCUT2D eigenvalue weighted by atomic mass is 32.1. The SMILES string of the molecule is Cc1ccc(C)c([C@H](C)NC(=O)Cc2csc(-c3ncn[nH]3)n2)c1. The predicted octanol–water partition coefficient (Wildman–Crippen LogP) is 2.96. The molecule has 0 unspecified atom stereocenters. The Morgan fingerprint density at radius 1 is 1.38 bits per heavy atom. The van der Waals surface area contributed by atoms with Crippen molar-refractivity contribution in [3.05, 3.63) is 52.3 Å². The number of aromatic nitrogens is 4. The van der Waals surface area contributed by atoms with Gasteiger partial charge in [0.2, 0.25) is 5.91 Å². The topological polar surface area (TPSA) is 83.6 Å². The summed E-state index contributed by atoms with van der Waals surface area (Å²) >= 11 is 1.44. The molecule has 24 heavy (non-hydrogen) atoms. The summed E-state index contributed by atoms with van der Waals surface area (Å²) in [4.78, 5) is 20.8. The van der Waals surface area contributed by atoms with Gasteiger partial charge >= 0.3 is 0 Å². The van der Waals surface area contributed by atoms with Gasteiger partial charge in [0.05, 0.1) is 18.2 Å². The van der Waals surface area contributed by atoms with Gasteiger partial charge in [-0.3, -0.25) is 9.89 Å². The summed E-state index contributed by atoms with van der Waals surface area (Å²) in [5, 5.41) is 12.2. The van der Waals surface area contributed by atoms with E-state index in [4.69, 9.17) is 0 Å². The summed E-state index contributed by atoms with van der Waals surface area (Å²) in [7, 11) is 0. The van der Waals surface area contributed by atoms with Crippen molar-refractivity contribution in [2.45, 2.75) is 33.2 Å². The molecule has 1 amide bonds. The lowest BCUT2D eigenvalue weighted by molar-refractivity contribution is -0.121. The molecule has 6 nitrogen and oxygen atoms in total. The van der Waals surface area contributed by atoms with Crippen LogP contribution in [0.1, 0.15) is 35.3 Å². The summed E-state index contributed by atoms with van der Waals surface area (Å²) in [6.45, 7) is 6.11. The fraction of sp³-hybridized carbons (Fsp3) is 0.294. The van der Waals surface area contributed by atoms with Crippen molar-refractivity contribution in [3.63, 3.8) is 0 Å². The van der Waals surface area contributed by atoms with E-state index in [-0.39, 0.29) is 18.4 Å². The summed E-state index contributed by atoms with van der Waals surface area (Å²) < 4.78 is 0. The Bertz CT molecular complexity index is 841. The molecule has 3 aromatic rings. The summed E-state index contributed by atoms with van der Waals surface area (Å²) in [6, 6.07) is 6.24. The molecule has 0 saturated carbocycles. The molecule has 2 aromatic heterocycles. The van der Waals surface area contributed by atoms with Gasteiger partial charge in [0, 0.05) is 5.38 Å². The number of amides is 1. The lowest BCUT2D eigenvalue weighted by Crippen LogP contribution is -2.28. The van der Waals surface area contributed by atoms with E-state index < -0.39 is 0 Å². The fourth-order valence-corrected chi connectivity index (χ4v) is 3.33. The molecule has 0 spiro atoms. The van der Waals surface area contributed by atoms with E-state index in [0.717, 1.165) is 16.3 Å². The van der Waals surface area contributed by atoms with E-state index in [1.807, 2.05) is 12.3 Å². The van der Waals surface area contributed by atoms with Crippen molar-refractivity contribution < 1.29 is 4.79 Å². The van der Waals surface area contributed by atoms with E-state index >= 15 is 0 Å². The van der Waals surface area contributed by atoms with Crippen LogP contribution >= 0.6 is 11.3 Å². The minimum atomic E-state index is -0.0437. The highest BCUT2D eigenvalue weighted by Gasteiger charge is 2.14. The quantitative estimate of drug-likeness (QED) is 0.747. The standard InChI is InChI=1S/C17H19N5OS/c1-10-4-5-11(2)14(6-10)12(3)20-15(23)7-13-8-24-17(21-13)16-18-9-19-22-16/h4-6,8-9,12H,7H2,1-3H3,(H,20,23)(H,18,19,22)/t12-/m0/s1. The maximum atomic E-state index is 12.3. The second-order valence-corrected chi connectivity index (χ2v) is 6.66. The summed E-state index contributed by atoms with van der Waals surface area (Å²) in [6.07, 6.45) is 1.69. The highest BCUT2D eigenvalue weighted by molar-refractivity contribution is 7.13. The molecule has 1 aromatic carbocycles. The van der Waals surface area contributed by atoms with Gasteiger partial charge in [0.15, 0.2) is 10.8 Å². The Morgan fingerprint density at radius 3 is 2.96 bits per heavy atom. The van der Waals surface area contributed by atoms with Crippen LogP contribution in [0.25, 0.3) is 10.8 Å². The van der Waals surface area contributed by atoms with Crippen molar-refractivity contribution in [2.24, 2.45) is 0 Å². The van der Waals surface area contributed by atoms with Crippen LogP contribution < -0.4 is 5.32 Å². The normalized spacial score (nSPS) is 12.1. The second-order valence-electron chi connectivity index (χ2n) is 5.80. The molecule has 0 saturated heterocycles. The Labute approximate surface area is 144 Å². The molecule has 0 bridgehead atoms. The second kappa shape index (κ2) is 6.92. The van der Waals surface area contributed by atoms with E-state index in [9.17, 15) is 4.79 Å². The van der Waals surface area contributed by atoms with E-state index in [1.54, 1.807) is 0 Å². The van der Waals surface area contributed by atoms with Crippen LogP contribution in [0.2, 0.25) is 0 Å². The Balaban J connectivity index is 1.64. The minimum absolute atomic E-state index is 0.0372. The molecule has 0 fully saturated rings.